The van der Waals surface area contributed by atoms with Crippen LogP contribution in [0.1, 0.15) is 50.5 Å². The molecule has 6 nitrogen and oxygen atoms in total. The van der Waals surface area contributed by atoms with Crippen molar-refractivity contribution in [2.45, 2.75) is 45.6 Å². The van der Waals surface area contributed by atoms with E-state index in [2.05, 4.69) is 71.4 Å². The smallest absolute Gasteiger partial charge is 0.220 e. The van der Waals surface area contributed by atoms with Gasteiger partial charge >= 0.3 is 0 Å². The van der Waals surface area contributed by atoms with Crippen LogP contribution >= 0.6 is 0 Å². The fraction of sp³-hybridized carbons (Fsp3) is 0.375. The Morgan fingerprint density at radius 1 is 1.10 bits per heavy atom. The second-order valence-electron chi connectivity index (χ2n) is 8.37. The number of pyridine rings is 1. The van der Waals surface area contributed by atoms with Gasteiger partial charge < -0.3 is 9.88 Å². The van der Waals surface area contributed by atoms with E-state index in [1.54, 1.807) is 0 Å². The number of rotatable bonds is 8. The molecule has 0 unspecified atom stereocenters. The molecule has 6 heteroatoms. The van der Waals surface area contributed by atoms with Crippen molar-refractivity contribution in [2.75, 3.05) is 0 Å². The molecule has 0 bridgehead atoms. The van der Waals surface area contributed by atoms with Crippen molar-refractivity contribution in [2.24, 2.45) is 13.0 Å². The van der Waals surface area contributed by atoms with E-state index in [0.29, 0.717) is 12.3 Å². The lowest BCUT2D eigenvalue weighted by atomic mass is 10.0. The van der Waals surface area contributed by atoms with Gasteiger partial charge in [-0.2, -0.15) is 0 Å². The first-order chi connectivity index (χ1) is 14.5. The Labute approximate surface area is 176 Å². The molecule has 156 valence electrons. The number of hydrogen-bond acceptors (Lipinski definition) is 3. The molecular weight excluding hydrogens is 374 g/mol. The molecule has 3 aromatic heterocycles. The predicted molar refractivity (Wildman–Crippen MR) is 119 cm³/mol. The van der Waals surface area contributed by atoms with E-state index < -0.39 is 0 Å². The highest BCUT2D eigenvalue weighted by molar-refractivity contribution is 5.84. The molecule has 1 aromatic carbocycles. The molecule has 0 saturated carbocycles. The molecule has 0 aliphatic heterocycles. The van der Waals surface area contributed by atoms with Gasteiger partial charge in [0, 0.05) is 36.8 Å². The number of carbonyl (C=O) groups is 1. The molecule has 0 aliphatic rings. The minimum absolute atomic E-state index is 0.0635. The zero-order chi connectivity index (χ0) is 21.1. The van der Waals surface area contributed by atoms with Crippen LogP contribution in [-0.4, -0.2) is 25.1 Å². The SMILES string of the molecule is CC(C)C[C@H](NC(=O)CCCc1cn(C)c2ccccc12)c1nnc2ccccn12. The molecule has 4 aromatic rings. The molecule has 30 heavy (non-hydrogen) atoms. The Hall–Kier alpha value is -3.15. The molecular formula is C24H29N5O. The van der Waals surface area contributed by atoms with Crippen molar-refractivity contribution < 1.29 is 4.79 Å². The maximum absolute atomic E-state index is 12.8. The first-order valence-electron chi connectivity index (χ1n) is 10.6. The predicted octanol–water partition coefficient (Wildman–Crippen LogP) is 4.45. The van der Waals surface area contributed by atoms with E-state index in [0.717, 1.165) is 30.7 Å². The van der Waals surface area contributed by atoms with Crippen molar-refractivity contribution >= 4 is 22.5 Å². The van der Waals surface area contributed by atoms with E-state index in [1.807, 2.05) is 28.8 Å². The fourth-order valence-electron chi connectivity index (χ4n) is 4.13. The van der Waals surface area contributed by atoms with Crippen molar-refractivity contribution in [3.8, 4) is 0 Å². The Morgan fingerprint density at radius 2 is 1.90 bits per heavy atom. The maximum Gasteiger partial charge on any atom is 0.220 e. The third-order valence-corrected chi connectivity index (χ3v) is 5.52. The van der Waals surface area contributed by atoms with Gasteiger partial charge in [-0.3, -0.25) is 9.20 Å². The Morgan fingerprint density at radius 3 is 2.73 bits per heavy atom. The lowest BCUT2D eigenvalue weighted by Gasteiger charge is -2.19. The highest BCUT2D eigenvalue weighted by Crippen LogP contribution is 2.23. The van der Waals surface area contributed by atoms with Gasteiger partial charge in [-0.25, -0.2) is 0 Å². The summed E-state index contributed by atoms with van der Waals surface area (Å²) in [5, 5.41) is 13.1. The van der Waals surface area contributed by atoms with Crippen LogP contribution in [0, 0.1) is 5.92 Å². The molecule has 0 spiro atoms. The molecule has 3 heterocycles. The van der Waals surface area contributed by atoms with Gasteiger partial charge in [-0.15, -0.1) is 10.2 Å². The summed E-state index contributed by atoms with van der Waals surface area (Å²) in [6.45, 7) is 4.31. The number of hydrogen-bond donors (Lipinski definition) is 1. The fourth-order valence-corrected chi connectivity index (χ4v) is 4.13. The summed E-state index contributed by atoms with van der Waals surface area (Å²) in [4.78, 5) is 12.8. The average molecular weight is 404 g/mol. The van der Waals surface area contributed by atoms with Crippen LogP contribution in [0.2, 0.25) is 0 Å². The lowest BCUT2D eigenvalue weighted by molar-refractivity contribution is -0.122. The van der Waals surface area contributed by atoms with Crippen molar-refractivity contribution in [1.82, 2.24) is 24.5 Å². The number of carbonyl (C=O) groups excluding carboxylic acids is 1. The van der Waals surface area contributed by atoms with Crippen LogP contribution in [0.3, 0.4) is 0 Å². The van der Waals surface area contributed by atoms with Gasteiger partial charge in [0.2, 0.25) is 5.91 Å². The standard InChI is InChI=1S/C24H29N5O/c1-17(2)15-20(24-27-26-22-12-6-7-14-29(22)24)25-23(30)13-8-9-18-16-28(3)21-11-5-4-10-19(18)21/h4-7,10-12,14,16-17,20H,8-9,13,15H2,1-3H3,(H,25,30)/t20-/m0/s1. The second-order valence-corrected chi connectivity index (χ2v) is 8.37. The Kier molecular flexibility index (Phi) is 5.84. The van der Waals surface area contributed by atoms with Crippen LogP contribution in [-0.2, 0) is 18.3 Å². The summed E-state index contributed by atoms with van der Waals surface area (Å²) < 4.78 is 4.11. The molecule has 1 amide bonds. The number of nitrogens with one attached hydrogen (secondary N) is 1. The summed E-state index contributed by atoms with van der Waals surface area (Å²) in [6.07, 6.45) is 7.14. The average Bonchev–Trinajstić information content (AvgIpc) is 3.29. The highest BCUT2D eigenvalue weighted by atomic mass is 16.1. The number of nitrogens with zero attached hydrogens (tertiary/aromatic N) is 4. The molecule has 0 fully saturated rings. The quantitative estimate of drug-likeness (QED) is 0.473. The maximum atomic E-state index is 12.8. The monoisotopic (exact) mass is 403 g/mol. The Bertz CT molecular complexity index is 1160. The van der Waals surface area contributed by atoms with Gasteiger partial charge in [-0.05, 0) is 48.9 Å². The number of para-hydroxylation sites is 1. The number of amides is 1. The normalized spacial score (nSPS) is 12.7. The first-order valence-corrected chi connectivity index (χ1v) is 10.6. The number of aromatic nitrogens is 4. The summed E-state index contributed by atoms with van der Waals surface area (Å²) in [6, 6.07) is 14.1. The highest BCUT2D eigenvalue weighted by Gasteiger charge is 2.21. The third-order valence-electron chi connectivity index (χ3n) is 5.52. The zero-order valence-electron chi connectivity index (χ0n) is 17.9. The van der Waals surface area contributed by atoms with Crippen LogP contribution in [0.25, 0.3) is 16.6 Å². The molecule has 1 atom stereocenters. The number of benzene rings is 1. The van der Waals surface area contributed by atoms with E-state index in [9.17, 15) is 4.79 Å². The van der Waals surface area contributed by atoms with Gasteiger partial charge in [-0.1, -0.05) is 38.1 Å². The first kappa shape index (κ1) is 20.1. The Balaban J connectivity index is 1.41. The van der Waals surface area contributed by atoms with E-state index in [4.69, 9.17) is 0 Å². The van der Waals surface area contributed by atoms with Crippen LogP contribution in [0.4, 0.5) is 0 Å². The number of aryl methyl sites for hydroxylation is 2. The minimum Gasteiger partial charge on any atom is -0.350 e. The van der Waals surface area contributed by atoms with Gasteiger partial charge in [0.05, 0.1) is 6.04 Å². The molecule has 4 rings (SSSR count). The molecule has 0 radical (unpaired) electrons. The van der Waals surface area contributed by atoms with Gasteiger partial charge in [0.25, 0.3) is 0 Å². The summed E-state index contributed by atoms with van der Waals surface area (Å²) >= 11 is 0. The largest absolute Gasteiger partial charge is 0.350 e. The van der Waals surface area contributed by atoms with Crippen molar-refractivity contribution in [1.29, 1.82) is 0 Å². The third kappa shape index (κ3) is 4.22. The zero-order valence-corrected chi connectivity index (χ0v) is 17.9. The van der Waals surface area contributed by atoms with Gasteiger partial charge in [0.1, 0.15) is 0 Å². The molecule has 1 N–H and O–H groups in total. The topological polar surface area (TPSA) is 64.2 Å². The summed E-state index contributed by atoms with van der Waals surface area (Å²) in [5.41, 5.74) is 3.32. The van der Waals surface area contributed by atoms with Crippen LogP contribution in [0.5, 0.6) is 0 Å². The second kappa shape index (κ2) is 8.69. The van der Waals surface area contributed by atoms with E-state index in [-0.39, 0.29) is 11.9 Å². The van der Waals surface area contributed by atoms with Gasteiger partial charge in [0.15, 0.2) is 11.5 Å². The summed E-state index contributed by atoms with van der Waals surface area (Å²) in [5.74, 6) is 1.29. The molecule has 0 aliphatic carbocycles. The minimum atomic E-state index is -0.146. The molecule has 0 saturated heterocycles. The van der Waals surface area contributed by atoms with E-state index in [1.165, 1.54) is 16.5 Å². The number of fused-ring (bicyclic) bond motifs is 2. The van der Waals surface area contributed by atoms with Crippen LogP contribution < -0.4 is 5.32 Å². The van der Waals surface area contributed by atoms with Crippen LogP contribution in [0.15, 0.2) is 54.9 Å². The van der Waals surface area contributed by atoms with E-state index >= 15 is 0 Å². The summed E-state index contributed by atoms with van der Waals surface area (Å²) in [7, 11) is 2.07. The van der Waals surface area contributed by atoms with Crippen molar-refractivity contribution in [3.63, 3.8) is 0 Å². The lowest BCUT2D eigenvalue weighted by Crippen LogP contribution is -2.30. The van der Waals surface area contributed by atoms with Crippen molar-refractivity contribution in [3.05, 3.63) is 66.2 Å².